The maximum absolute atomic E-state index is 14.2. The number of nitrogens with one attached hydrogen (secondary N) is 2. The van der Waals surface area contributed by atoms with Crippen LogP contribution in [-0.4, -0.2) is 59.7 Å². The highest BCUT2D eigenvalue weighted by Crippen LogP contribution is 2.37. The number of rotatable bonds is 2. The number of halogens is 1. The molecule has 0 saturated carbocycles. The number of anilines is 1. The summed E-state index contributed by atoms with van der Waals surface area (Å²) >= 11 is 0. The molecule has 5 heterocycles. The van der Waals surface area contributed by atoms with Crippen molar-refractivity contribution in [3.63, 3.8) is 0 Å². The molecule has 4 fully saturated rings. The third kappa shape index (κ3) is 2.38. The number of hydrogen-bond acceptors (Lipinski definition) is 6. The van der Waals surface area contributed by atoms with Gasteiger partial charge in [0, 0.05) is 31.6 Å². The van der Waals surface area contributed by atoms with Gasteiger partial charge >= 0.3 is 0 Å². The summed E-state index contributed by atoms with van der Waals surface area (Å²) in [6, 6.07) is 1.86. The second-order valence-corrected chi connectivity index (χ2v) is 7.50. The third-order valence-electron chi connectivity index (χ3n) is 5.75. The maximum Gasteiger partial charge on any atom is 0.264 e. The summed E-state index contributed by atoms with van der Waals surface area (Å²) in [5, 5.41) is 5.53. The Hall–Kier alpha value is -2.81. The molecule has 3 unspecified atom stereocenters. The number of amides is 4. The molecule has 5 aliphatic heterocycles. The number of nitrogens with zero attached hydrogens (tertiary/aromatic N) is 2. The summed E-state index contributed by atoms with van der Waals surface area (Å²) in [5.74, 6) is -3.00. The largest absolute Gasteiger partial charge is 0.368 e. The number of piperazine rings is 1. The van der Waals surface area contributed by atoms with E-state index in [2.05, 4.69) is 10.6 Å². The Labute approximate surface area is 153 Å². The van der Waals surface area contributed by atoms with Crippen LogP contribution < -0.4 is 15.5 Å². The van der Waals surface area contributed by atoms with Gasteiger partial charge in [-0.05, 0) is 25.0 Å². The number of carbonyl (C=O) groups excluding carboxylic acids is 4. The Balaban J connectivity index is 1.53. The molecule has 0 aromatic heterocycles. The van der Waals surface area contributed by atoms with Crippen LogP contribution in [0.5, 0.6) is 0 Å². The summed E-state index contributed by atoms with van der Waals surface area (Å²) in [5.41, 5.74) is 0.522. The first kappa shape index (κ1) is 16.4. The third-order valence-corrected chi connectivity index (χ3v) is 5.75. The molecule has 4 saturated heterocycles. The summed E-state index contributed by atoms with van der Waals surface area (Å²) in [6.45, 7) is 1.26. The van der Waals surface area contributed by atoms with Gasteiger partial charge in [-0.1, -0.05) is 0 Å². The lowest BCUT2D eigenvalue weighted by Crippen LogP contribution is -2.67. The van der Waals surface area contributed by atoms with Gasteiger partial charge in [0.15, 0.2) is 0 Å². The Morgan fingerprint density at radius 3 is 2.41 bits per heavy atom. The number of piperidine rings is 2. The van der Waals surface area contributed by atoms with Crippen molar-refractivity contribution < 1.29 is 23.6 Å². The van der Waals surface area contributed by atoms with Crippen LogP contribution in [0.2, 0.25) is 0 Å². The number of fused-ring (bicyclic) bond motifs is 3. The van der Waals surface area contributed by atoms with E-state index in [0.717, 1.165) is 17.4 Å². The molecule has 2 bridgehead atoms. The molecular weight excluding hydrogens is 355 g/mol. The Morgan fingerprint density at radius 1 is 1.04 bits per heavy atom. The predicted molar refractivity (Wildman–Crippen MR) is 90.6 cm³/mol. The molecule has 6 rings (SSSR count). The first-order valence-electron chi connectivity index (χ1n) is 8.98. The molecule has 1 aromatic rings. The molecule has 140 valence electrons. The first-order valence-corrected chi connectivity index (χ1v) is 8.98. The minimum Gasteiger partial charge on any atom is -0.368 e. The van der Waals surface area contributed by atoms with Crippen LogP contribution in [0.4, 0.5) is 10.1 Å². The van der Waals surface area contributed by atoms with Crippen LogP contribution in [0, 0.1) is 5.82 Å². The monoisotopic (exact) mass is 372 g/mol. The smallest absolute Gasteiger partial charge is 0.264 e. The number of carbonyl (C=O) groups is 4. The predicted octanol–water partition coefficient (Wildman–Crippen LogP) is -0.223. The van der Waals surface area contributed by atoms with Gasteiger partial charge < -0.3 is 10.2 Å². The molecular formula is C18H17FN4O4. The van der Waals surface area contributed by atoms with E-state index in [0.29, 0.717) is 30.9 Å². The standard InChI is InChI=1S/C18H17FN4O4/c19-8-3-11-15(13(4-8)22-6-9-5-10(7-22)20-9)18(27)23(17(11)26)12-1-2-14(24)21-16(12)25/h3-4,9-10,12,20H,1-2,5-7H2,(H,21,24,25). The second kappa shape index (κ2) is 5.59. The molecule has 9 heteroatoms. The van der Waals surface area contributed by atoms with Crippen molar-refractivity contribution in [2.75, 3.05) is 18.0 Å². The topological polar surface area (TPSA) is 98.8 Å². The number of hydrogen-bond donors (Lipinski definition) is 2. The zero-order valence-electron chi connectivity index (χ0n) is 14.3. The van der Waals surface area contributed by atoms with Gasteiger partial charge in [0.05, 0.1) is 16.8 Å². The lowest BCUT2D eigenvalue weighted by molar-refractivity contribution is -0.136. The summed E-state index contributed by atoms with van der Waals surface area (Å²) in [7, 11) is 0. The minimum atomic E-state index is -1.05. The summed E-state index contributed by atoms with van der Waals surface area (Å²) < 4.78 is 14.2. The van der Waals surface area contributed by atoms with Gasteiger partial charge in [-0.15, -0.1) is 0 Å². The average Bonchev–Trinajstić information content (AvgIpc) is 2.85. The highest BCUT2D eigenvalue weighted by Gasteiger charge is 2.47. The molecule has 0 spiro atoms. The van der Waals surface area contributed by atoms with Crippen molar-refractivity contribution in [2.45, 2.75) is 37.4 Å². The Kier molecular flexibility index (Phi) is 3.39. The van der Waals surface area contributed by atoms with Crippen LogP contribution in [-0.2, 0) is 9.59 Å². The normalized spacial score (nSPS) is 29.6. The van der Waals surface area contributed by atoms with Crippen LogP contribution >= 0.6 is 0 Å². The zero-order chi connectivity index (χ0) is 18.9. The Morgan fingerprint density at radius 2 is 1.74 bits per heavy atom. The zero-order valence-corrected chi connectivity index (χ0v) is 14.3. The van der Waals surface area contributed by atoms with Gasteiger partial charge in [0.2, 0.25) is 11.8 Å². The molecule has 2 N–H and O–H groups in total. The van der Waals surface area contributed by atoms with Gasteiger partial charge in [-0.2, -0.15) is 0 Å². The molecule has 1 aromatic carbocycles. The molecule has 8 nitrogen and oxygen atoms in total. The molecule has 4 amide bonds. The SMILES string of the molecule is O=C1CCC(N2C(=O)c3cc(F)cc(N4CC5CC(C4)N5)c3C2=O)C(=O)N1. The highest BCUT2D eigenvalue weighted by atomic mass is 19.1. The quantitative estimate of drug-likeness (QED) is 0.697. The van der Waals surface area contributed by atoms with E-state index in [1.807, 2.05) is 4.90 Å². The van der Waals surface area contributed by atoms with Crippen molar-refractivity contribution in [2.24, 2.45) is 0 Å². The lowest BCUT2D eigenvalue weighted by Gasteiger charge is -2.49. The second-order valence-electron chi connectivity index (χ2n) is 7.50. The summed E-state index contributed by atoms with van der Waals surface area (Å²) in [4.78, 5) is 52.3. The number of benzene rings is 1. The van der Waals surface area contributed by atoms with E-state index in [-0.39, 0.29) is 24.0 Å². The van der Waals surface area contributed by atoms with E-state index in [1.165, 1.54) is 6.07 Å². The fourth-order valence-corrected chi connectivity index (χ4v) is 4.50. The fourth-order valence-electron chi connectivity index (χ4n) is 4.50. The molecule has 5 aliphatic rings. The van der Waals surface area contributed by atoms with Crippen molar-refractivity contribution in [1.29, 1.82) is 0 Å². The van der Waals surface area contributed by atoms with Crippen LogP contribution in [0.1, 0.15) is 40.0 Å². The van der Waals surface area contributed by atoms with Crippen LogP contribution in [0.25, 0.3) is 0 Å². The lowest BCUT2D eigenvalue weighted by atomic mass is 9.90. The van der Waals surface area contributed by atoms with E-state index in [1.54, 1.807) is 0 Å². The molecule has 27 heavy (non-hydrogen) atoms. The van der Waals surface area contributed by atoms with Gasteiger partial charge in [-0.25, -0.2) is 4.39 Å². The van der Waals surface area contributed by atoms with E-state index in [4.69, 9.17) is 0 Å². The number of imide groups is 2. The van der Waals surface area contributed by atoms with E-state index in [9.17, 15) is 23.6 Å². The van der Waals surface area contributed by atoms with Crippen molar-refractivity contribution in [3.8, 4) is 0 Å². The highest BCUT2D eigenvalue weighted by molar-refractivity contribution is 6.25. The molecule has 3 atom stereocenters. The van der Waals surface area contributed by atoms with Crippen molar-refractivity contribution in [1.82, 2.24) is 15.5 Å². The fraction of sp³-hybridized carbons (Fsp3) is 0.444. The van der Waals surface area contributed by atoms with Crippen molar-refractivity contribution in [3.05, 3.63) is 29.1 Å². The average molecular weight is 372 g/mol. The minimum absolute atomic E-state index is 0.0214. The molecule has 0 radical (unpaired) electrons. The molecule has 0 aliphatic carbocycles. The van der Waals surface area contributed by atoms with E-state index >= 15 is 0 Å². The maximum atomic E-state index is 14.2. The van der Waals surface area contributed by atoms with Gasteiger partial charge in [-0.3, -0.25) is 29.4 Å². The van der Waals surface area contributed by atoms with E-state index < -0.39 is 35.5 Å². The summed E-state index contributed by atoms with van der Waals surface area (Å²) in [6.07, 6.45) is 1.17. The van der Waals surface area contributed by atoms with Crippen molar-refractivity contribution >= 4 is 29.3 Å². The van der Waals surface area contributed by atoms with Gasteiger partial charge in [0.1, 0.15) is 11.9 Å². The first-order chi connectivity index (χ1) is 12.9. The Bertz CT molecular complexity index is 901. The van der Waals surface area contributed by atoms with Gasteiger partial charge in [0.25, 0.3) is 11.8 Å². The van der Waals surface area contributed by atoms with Crippen LogP contribution in [0.3, 0.4) is 0 Å². The van der Waals surface area contributed by atoms with Crippen LogP contribution in [0.15, 0.2) is 12.1 Å².